The van der Waals surface area contributed by atoms with Crippen LogP contribution in [0.1, 0.15) is 22.9 Å². The molecule has 0 saturated heterocycles. The number of aryl methyl sites for hydroxylation is 2. The van der Waals surface area contributed by atoms with Gasteiger partial charge in [-0.1, -0.05) is 17.7 Å². The quantitative estimate of drug-likeness (QED) is 0.628. The Hall–Kier alpha value is -1.66. The third-order valence-corrected chi connectivity index (χ3v) is 4.70. The van der Waals surface area contributed by atoms with E-state index in [9.17, 15) is 4.79 Å². The fraction of sp³-hybridized carbons (Fsp3) is 0.250. The maximum atomic E-state index is 11.8. The number of amides is 1. The molecule has 0 bridgehead atoms. The Morgan fingerprint density at radius 3 is 2.73 bits per heavy atom. The molecule has 0 atom stereocenters. The molecule has 4 nitrogen and oxygen atoms in total. The lowest BCUT2D eigenvalue weighted by molar-refractivity contribution is -0.123. The minimum atomic E-state index is -0.282. The van der Waals surface area contributed by atoms with Gasteiger partial charge in [0, 0.05) is 0 Å². The molecule has 0 aliphatic rings. The van der Waals surface area contributed by atoms with E-state index in [1.54, 1.807) is 11.3 Å². The van der Waals surface area contributed by atoms with Gasteiger partial charge in [0.25, 0.3) is 5.91 Å². The van der Waals surface area contributed by atoms with Crippen LogP contribution in [0.5, 0.6) is 5.75 Å². The van der Waals surface area contributed by atoms with Gasteiger partial charge in [-0.25, -0.2) is 5.43 Å². The molecule has 2 aromatic rings. The lowest BCUT2D eigenvalue weighted by atomic mass is 10.1. The second kappa shape index (κ2) is 7.56. The average Bonchev–Trinajstić information content (AvgIpc) is 2.90. The van der Waals surface area contributed by atoms with Gasteiger partial charge in [-0.05, 0) is 60.5 Å². The summed E-state index contributed by atoms with van der Waals surface area (Å²) in [5, 5.41) is 4.08. The van der Waals surface area contributed by atoms with Crippen LogP contribution in [-0.4, -0.2) is 18.2 Å². The van der Waals surface area contributed by atoms with Gasteiger partial charge in [-0.3, -0.25) is 4.79 Å². The fourth-order valence-corrected chi connectivity index (χ4v) is 3.18. The lowest BCUT2D eigenvalue weighted by Crippen LogP contribution is -2.25. The monoisotopic (exact) mass is 380 g/mol. The average molecular weight is 381 g/mol. The Bertz CT molecular complexity index is 710. The molecule has 1 N–H and O–H groups in total. The maximum absolute atomic E-state index is 11.8. The van der Waals surface area contributed by atoms with Gasteiger partial charge in [0.05, 0.1) is 14.4 Å². The highest BCUT2D eigenvalue weighted by molar-refractivity contribution is 9.11. The second-order valence-corrected chi connectivity index (χ2v) is 7.36. The van der Waals surface area contributed by atoms with Crippen LogP contribution < -0.4 is 10.2 Å². The molecule has 0 aliphatic heterocycles. The number of carbonyl (C=O) groups is 1. The summed E-state index contributed by atoms with van der Waals surface area (Å²) in [6, 6.07) is 9.74. The first-order chi connectivity index (χ1) is 10.5. The molecule has 1 aromatic heterocycles. The van der Waals surface area contributed by atoms with Gasteiger partial charge in [0.15, 0.2) is 6.61 Å². The van der Waals surface area contributed by atoms with Crippen molar-refractivity contribution in [3.05, 3.63) is 50.1 Å². The number of carbonyl (C=O) groups excluding carboxylic acids is 1. The summed E-state index contributed by atoms with van der Waals surface area (Å²) in [5.74, 6) is 0.429. The van der Waals surface area contributed by atoms with Gasteiger partial charge < -0.3 is 4.74 Å². The third kappa shape index (κ3) is 4.68. The molecule has 6 heteroatoms. The molecule has 0 saturated carbocycles. The van der Waals surface area contributed by atoms with Crippen LogP contribution in [-0.2, 0) is 4.79 Å². The van der Waals surface area contributed by atoms with E-state index < -0.39 is 0 Å². The van der Waals surface area contributed by atoms with Gasteiger partial charge >= 0.3 is 0 Å². The Kier molecular flexibility index (Phi) is 5.74. The van der Waals surface area contributed by atoms with E-state index in [2.05, 4.69) is 26.5 Å². The van der Waals surface area contributed by atoms with Crippen molar-refractivity contribution in [2.45, 2.75) is 20.8 Å². The van der Waals surface area contributed by atoms with E-state index >= 15 is 0 Å². The Morgan fingerprint density at radius 2 is 2.09 bits per heavy atom. The maximum Gasteiger partial charge on any atom is 0.277 e. The molecule has 0 aliphatic carbocycles. The topological polar surface area (TPSA) is 50.7 Å². The number of nitrogens with zero attached hydrogens (tertiary/aromatic N) is 1. The first-order valence-electron chi connectivity index (χ1n) is 6.74. The number of rotatable bonds is 5. The van der Waals surface area contributed by atoms with E-state index in [1.165, 1.54) is 0 Å². The van der Waals surface area contributed by atoms with E-state index in [-0.39, 0.29) is 12.5 Å². The molecule has 0 fully saturated rings. The molecule has 2 rings (SSSR count). The lowest BCUT2D eigenvalue weighted by Gasteiger charge is -2.08. The standard InChI is InChI=1S/C16H17BrN2O2S/c1-10-4-5-13(11(2)8-10)21-9-16(20)19-18-12(3)14-6-7-15(17)22-14/h4-8H,9H2,1-3H3,(H,19,20)/b18-12+. The number of hydrogen-bond donors (Lipinski definition) is 1. The summed E-state index contributed by atoms with van der Waals surface area (Å²) >= 11 is 4.96. The van der Waals surface area contributed by atoms with Crippen molar-refractivity contribution in [3.8, 4) is 5.75 Å². The highest BCUT2D eigenvalue weighted by atomic mass is 79.9. The van der Waals surface area contributed by atoms with Crippen molar-refractivity contribution in [3.63, 3.8) is 0 Å². The van der Waals surface area contributed by atoms with Gasteiger partial charge in [-0.2, -0.15) is 5.10 Å². The smallest absolute Gasteiger partial charge is 0.277 e. The SMILES string of the molecule is C/C(=N\NC(=O)COc1ccc(C)cc1C)c1ccc(Br)s1. The van der Waals surface area contributed by atoms with Crippen LogP contribution in [0.25, 0.3) is 0 Å². The summed E-state index contributed by atoms with van der Waals surface area (Å²) in [6.07, 6.45) is 0. The second-order valence-electron chi connectivity index (χ2n) is 4.89. The summed E-state index contributed by atoms with van der Waals surface area (Å²) in [6.45, 7) is 5.76. The Morgan fingerprint density at radius 1 is 1.32 bits per heavy atom. The molecule has 1 aromatic carbocycles. The largest absolute Gasteiger partial charge is 0.483 e. The Balaban J connectivity index is 1.88. The first kappa shape index (κ1) is 16.7. The van der Waals surface area contributed by atoms with E-state index in [0.29, 0.717) is 5.75 Å². The van der Waals surface area contributed by atoms with Crippen LogP contribution in [0.2, 0.25) is 0 Å². The number of thiophene rings is 1. The zero-order valence-corrected chi connectivity index (χ0v) is 15.0. The summed E-state index contributed by atoms with van der Waals surface area (Å²) < 4.78 is 6.54. The van der Waals surface area contributed by atoms with Crippen molar-refractivity contribution < 1.29 is 9.53 Å². The normalized spacial score (nSPS) is 11.4. The van der Waals surface area contributed by atoms with Crippen molar-refractivity contribution in [2.24, 2.45) is 5.10 Å². The molecular weight excluding hydrogens is 364 g/mol. The minimum Gasteiger partial charge on any atom is -0.483 e. The van der Waals surface area contributed by atoms with E-state index in [4.69, 9.17) is 4.74 Å². The summed E-state index contributed by atoms with van der Waals surface area (Å²) in [4.78, 5) is 12.8. The van der Waals surface area contributed by atoms with Crippen molar-refractivity contribution >= 4 is 38.9 Å². The Labute approximate surface area is 142 Å². The van der Waals surface area contributed by atoms with Crippen molar-refractivity contribution in [1.29, 1.82) is 0 Å². The van der Waals surface area contributed by atoms with E-state index in [1.807, 2.05) is 51.1 Å². The fourth-order valence-electron chi connectivity index (χ4n) is 1.85. The predicted molar refractivity (Wildman–Crippen MR) is 93.8 cm³/mol. The number of hydrazone groups is 1. The van der Waals surface area contributed by atoms with Crippen LogP contribution in [0.3, 0.4) is 0 Å². The first-order valence-corrected chi connectivity index (χ1v) is 8.35. The van der Waals surface area contributed by atoms with Crippen LogP contribution in [0.15, 0.2) is 39.2 Å². The van der Waals surface area contributed by atoms with Crippen LogP contribution >= 0.6 is 27.3 Å². The highest BCUT2D eigenvalue weighted by Crippen LogP contribution is 2.22. The number of hydrogen-bond acceptors (Lipinski definition) is 4. The molecule has 22 heavy (non-hydrogen) atoms. The molecule has 116 valence electrons. The minimum absolute atomic E-state index is 0.0607. The molecule has 1 heterocycles. The summed E-state index contributed by atoms with van der Waals surface area (Å²) in [5.41, 5.74) is 5.44. The van der Waals surface area contributed by atoms with Crippen molar-refractivity contribution in [2.75, 3.05) is 6.61 Å². The number of halogens is 1. The third-order valence-electron chi connectivity index (χ3n) is 2.97. The molecule has 0 unspecified atom stereocenters. The molecule has 0 spiro atoms. The molecule has 0 radical (unpaired) electrons. The summed E-state index contributed by atoms with van der Waals surface area (Å²) in [7, 11) is 0. The van der Waals surface area contributed by atoms with Crippen LogP contribution in [0, 0.1) is 13.8 Å². The zero-order valence-electron chi connectivity index (χ0n) is 12.6. The van der Waals surface area contributed by atoms with Crippen LogP contribution in [0.4, 0.5) is 0 Å². The predicted octanol–water partition coefficient (Wildman–Crippen LogP) is 4.05. The highest BCUT2D eigenvalue weighted by Gasteiger charge is 2.06. The number of ether oxygens (including phenoxy) is 1. The molecule has 1 amide bonds. The number of benzene rings is 1. The zero-order chi connectivity index (χ0) is 16.1. The van der Waals surface area contributed by atoms with Crippen molar-refractivity contribution in [1.82, 2.24) is 5.43 Å². The van der Waals surface area contributed by atoms with E-state index in [0.717, 1.165) is 25.5 Å². The van der Waals surface area contributed by atoms with Gasteiger partial charge in [-0.15, -0.1) is 11.3 Å². The molecular formula is C16H17BrN2O2S. The number of nitrogens with one attached hydrogen (secondary N) is 1. The van der Waals surface area contributed by atoms with Gasteiger partial charge in [0.1, 0.15) is 5.75 Å². The van der Waals surface area contributed by atoms with Gasteiger partial charge in [0.2, 0.25) is 0 Å².